The molecule has 1 aliphatic carbocycles. The highest BCUT2D eigenvalue weighted by atomic mass is 32.2. The van der Waals surface area contributed by atoms with E-state index in [1.807, 2.05) is 18.7 Å². The van der Waals surface area contributed by atoms with Gasteiger partial charge in [0.2, 0.25) is 0 Å². The normalized spacial score (nSPS) is 22.4. The molecule has 1 heterocycles. The number of amides is 1. The van der Waals surface area contributed by atoms with Gasteiger partial charge in [0.1, 0.15) is 5.82 Å². The molecule has 3 N–H and O–H groups in total. The van der Waals surface area contributed by atoms with Crippen LogP contribution in [0.1, 0.15) is 42.2 Å². The summed E-state index contributed by atoms with van der Waals surface area (Å²) in [6, 6.07) is 3.70. The number of nitrogens with one attached hydrogen (secondary N) is 1. The molecule has 2 rings (SSSR count). The van der Waals surface area contributed by atoms with E-state index in [1.165, 1.54) is 12.8 Å². The zero-order valence-corrected chi connectivity index (χ0v) is 12.3. The van der Waals surface area contributed by atoms with E-state index < -0.39 is 0 Å². The van der Waals surface area contributed by atoms with Crippen LogP contribution < -0.4 is 11.1 Å². The lowest BCUT2D eigenvalue weighted by Gasteiger charge is -2.20. The SMILES string of the molecule is CCSC1CCCC1NC(=O)c1cc(C)nc(N)c1. The second kappa shape index (κ2) is 6.28. The number of nitrogen functional groups attached to an aromatic ring is 1. The fraction of sp³-hybridized carbons (Fsp3) is 0.571. The Labute approximate surface area is 118 Å². The van der Waals surface area contributed by atoms with Gasteiger partial charge < -0.3 is 11.1 Å². The number of rotatable bonds is 4. The smallest absolute Gasteiger partial charge is 0.251 e. The standard InChI is InChI=1S/C14H21N3OS/c1-3-19-12-6-4-5-11(12)17-14(18)10-7-9(2)16-13(15)8-10/h7-8,11-12H,3-6H2,1-2H3,(H2,15,16)(H,17,18). The highest BCUT2D eigenvalue weighted by Gasteiger charge is 2.28. The van der Waals surface area contributed by atoms with Gasteiger partial charge in [-0.25, -0.2) is 4.98 Å². The van der Waals surface area contributed by atoms with Crippen LogP contribution in [-0.2, 0) is 0 Å². The number of anilines is 1. The monoisotopic (exact) mass is 279 g/mol. The molecule has 0 spiro atoms. The number of nitrogens with two attached hydrogens (primary N) is 1. The fourth-order valence-electron chi connectivity index (χ4n) is 2.58. The minimum absolute atomic E-state index is 0.0363. The first kappa shape index (κ1) is 14.2. The van der Waals surface area contributed by atoms with Crippen LogP contribution >= 0.6 is 11.8 Å². The van der Waals surface area contributed by atoms with Crippen molar-refractivity contribution in [2.45, 2.75) is 44.4 Å². The molecule has 19 heavy (non-hydrogen) atoms. The summed E-state index contributed by atoms with van der Waals surface area (Å²) in [5, 5.41) is 3.69. The molecule has 0 bridgehead atoms. The molecule has 1 saturated carbocycles. The topological polar surface area (TPSA) is 68.0 Å². The molecule has 2 atom stereocenters. The molecule has 4 nitrogen and oxygen atoms in total. The number of hydrogen-bond acceptors (Lipinski definition) is 4. The quantitative estimate of drug-likeness (QED) is 0.888. The van der Waals surface area contributed by atoms with E-state index in [9.17, 15) is 4.79 Å². The van der Waals surface area contributed by atoms with Gasteiger partial charge in [0, 0.05) is 22.5 Å². The molecule has 2 unspecified atom stereocenters. The van der Waals surface area contributed by atoms with Gasteiger partial charge in [-0.1, -0.05) is 13.3 Å². The Kier molecular flexibility index (Phi) is 4.69. The number of carbonyl (C=O) groups is 1. The molecular formula is C14H21N3OS. The van der Waals surface area contributed by atoms with Gasteiger partial charge in [-0.2, -0.15) is 11.8 Å². The largest absolute Gasteiger partial charge is 0.384 e. The Morgan fingerprint density at radius 3 is 3.00 bits per heavy atom. The third-order valence-corrected chi connectivity index (χ3v) is 4.71. The molecule has 1 amide bonds. The maximum atomic E-state index is 12.3. The molecule has 1 aliphatic rings. The summed E-state index contributed by atoms with van der Waals surface area (Å²) in [5.74, 6) is 1.46. The molecule has 0 saturated heterocycles. The summed E-state index contributed by atoms with van der Waals surface area (Å²) in [4.78, 5) is 16.3. The maximum Gasteiger partial charge on any atom is 0.251 e. The Morgan fingerprint density at radius 1 is 1.53 bits per heavy atom. The molecular weight excluding hydrogens is 258 g/mol. The molecule has 0 radical (unpaired) electrons. The van der Waals surface area contributed by atoms with Crippen molar-refractivity contribution in [1.82, 2.24) is 10.3 Å². The number of hydrogen-bond donors (Lipinski definition) is 2. The maximum absolute atomic E-state index is 12.3. The van der Waals surface area contributed by atoms with Crippen LogP contribution in [0.2, 0.25) is 0 Å². The summed E-state index contributed by atoms with van der Waals surface area (Å²) < 4.78 is 0. The van der Waals surface area contributed by atoms with E-state index in [4.69, 9.17) is 5.73 Å². The first-order valence-corrected chi connectivity index (χ1v) is 7.81. The zero-order chi connectivity index (χ0) is 13.8. The van der Waals surface area contributed by atoms with E-state index in [1.54, 1.807) is 12.1 Å². The van der Waals surface area contributed by atoms with E-state index in [0.717, 1.165) is 17.9 Å². The average Bonchev–Trinajstić information content (AvgIpc) is 2.76. The Hall–Kier alpha value is -1.23. The van der Waals surface area contributed by atoms with Crippen LogP contribution in [-0.4, -0.2) is 27.9 Å². The van der Waals surface area contributed by atoms with Crippen LogP contribution in [0, 0.1) is 6.92 Å². The minimum Gasteiger partial charge on any atom is -0.384 e. The van der Waals surface area contributed by atoms with Gasteiger partial charge in [0.25, 0.3) is 5.91 Å². The van der Waals surface area contributed by atoms with Crippen molar-refractivity contribution in [2.24, 2.45) is 0 Å². The van der Waals surface area contributed by atoms with Crippen molar-refractivity contribution in [3.8, 4) is 0 Å². The number of carbonyl (C=O) groups excluding carboxylic acids is 1. The zero-order valence-electron chi connectivity index (χ0n) is 11.5. The molecule has 1 aromatic heterocycles. The van der Waals surface area contributed by atoms with Crippen molar-refractivity contribution in [1.29, 1.82) is 0 Å². The molecule has 1 fully saturated rings. The lowest BCUT2D eigenvalue weighted by molar-refractivity contribution is 0.0938. The van der Waals surface area contributed by atoms with E-state index in [-0.39, 0.29) is 11.9 Å². The van der Waals surface area contributed by atoms with Gasteiger partial charge in [0.15, 0.2) is 0 Å². The van der Waals surface area contributed by atoms with Crippen molar-refractivity contribution >= 4 is 23.5 Å². The average molecular weight is 279 g/mol. The summed E-state index contributed by atoms with van der Waals surface area (Å²) in [5.41, 5.74) is 7.07. The van der Waals surface area contributed by atoms with Crippen LogP contribution in [0.4, 0.5) is 5.82 Å². The van der Waals surface area contributed by atoms with Crippen LogP contribution in [0.15, 0.2) is 12.1 Å². The van der Waals surface area contributed by atoms with Crippen molar-refractivity contribution < 1.29 is 4.79 Å². The van der Waals surface area contributed by atoms with Crippen LogP contribution in [0.5, 0.6) is 0 Å². The van der Waals surface area contributed by atoms with Gasteiger partial charge in [-0.05, 0) is 37.7 Å². The first-order chi connectivity index (χ1) is 9.10. The number of thioether (sulfide) groups is 1. The Morgan fingerprint density at radius 2 is 2.32 bits per heavy atom. The van der Waals surface area contributed by atoms with Gasteiger partial charge in [-0.3, -0.25) is 4.79 Å². The highest BCUT2D eigenvalue weighted by Crippen LogP contribution is 2.30. The van der Waals surface area contributed by atoms with E-state index in [2.05, 4.69) is 17.2 Å². The Balaban J connectivity index is 2.04. The second-order valence-corrected chi connectivity index (χ2v) is 6.44. The summed E-state index contributed by atoms with van der Waals surface area (Å²) >= 11 is 1.94. The van der Waals surface area contributed by atoms with Gasteiger partial charge in [0.05, 0.1) is 0 Å². The Bertz CT molecular complexity index is 444. The second-order valence-electron chi connectivity index (χ2n) is 4.93. The number of nitrogens with zero attached hydrogens (tertiary/aromatic N) is 1. The van der Waals surface area contributed by atoms with Crippen LogP contribution in [0.25, 0.3) is 0 Å². The number of aryl methyl sites for hydroxylation is 1. The van der Waals surface area contributed by atoms with Crippen LogP contribution in [0.3, 0.4) is 0 Å². The van der Waals surface area contributed by atoms with E-state index in [0.29, 0.717) is 16.6 Å². The lowest BCUT2D eigenvalue weighted by Crippen LogP contribution is -2.38. The minimum atomic E-state index is -0.0363. The molecule has 0 aliphatic heterocycles. The predicted molar refractivity (Wildman–Crippen MR) is 80.4 cm³/mol. The number of pyridine rings is 1. The third kappa shape index (κ3) is 3.62. The first-order valence-electron chi connectivity index (χ1n) is 6.76. The van der Waals surface area contributed by atoms with Gasteiger partial charge >= 0.3 is 0 Å². The summed E-state index contributed by atoms with van der Waals surface area (Å²) in [6.07, 6.45) is 3.46. The van der Waals surface area contributed by atoms with Crippen molar-refractivity contribution in [3.05, 3.63) is 23.4 Å². The molecule has 1 aromatic rings. The summed E-state index contributed by atoms with van der Waals surface area (Å²) in [7, 11) is 0. The predicted octanol–water partition coefficient (Wildman–Crippen LogP) is 2.38. The van der Waals surface area contributed by atoms with Crippen molar-refractivity contribution in [2.75, 3.05) is 11.5 Å². The fourth-order valence-corrected chi connectivity index (χ4v) is 3.78. The van der Waals surface area contributed by atoms with Gasteiger partial charge in [-0.15, -0.1) is 0 Å². The lowest BCUT2D eigenvalue weighted by atomic mass is 10.2. The molecule has 104 valence electrons. The molecule has 5 heteroatoms. The third-order valence-electron chi connectivity index (χ3n) is 3.39. The number of aromatic nitrogens is 1. The molecule has 0 aromatic carbocycles. The van der Waals surface area contributed by atoms with Crippen molar-refractivity contribution in [3.63, 3.8) is 0 Å². The summed E-state index contributed by atoms with van der Waals surface area (Å²) in [6.45, 7) is 4.01. The van der Waals surface area contributed by atoms with E-state index >= 15 is 0 Å². The highest BCUT2D eigenvalue weighted by molar-refractivity contribution is 7.99.